The molecule has 0 aliphatic heterocycles. The fourth-order valence-electron chi connectivity index (χ4n) is 0.453. The van der Waals surface area contributed by atoms with Crippen LogP contribution < -0.4 is 5.46 Å². The summed E-state index contributed by atoms with van der Waals surface area (Å²) in [5.74, 6) is 0. The second-order valence-electron chi connectivity index (χ2n) is 1.41. The summed E-state index contributed by atoms with van der Waals surface area (Å²) in [5, 5.41) is 0. The van der Waals surface area contributed by atoms with Crippen LogP contribution in [0.3, 0.4) is 0 Å². The SMILES string of the molecule is [B]c1ccccc1.[CsH]. The van der Waals surface area contributed by atoms with Gasteiger partial charge in [-0.25, -0.2) is 0 Å². The minimum absolute atomic E-state index is 0. The maximum atomic E-state index is 5.36. The van der Waals surface area contributed by atoms with Crippen LogP contribution in [0.2, 0.25) is 0 Å². The summed E-state index contributed by atoms with van der Waals surface area (Å²) >= 11 is 0. The summed E-state index contributed by atoms with van der Waals surface area (Å²) < 4.78 is 0. The van der Waals surface area contributed by atoms with Gasteiger partial charge in [-0.3, -0.25) is 0 Å². The van der Waals surface area contributed by atoms with Crippen molar-refractivity contribution in [2.45, 2.75) is 0 Å². The molecule has 0 nitrogen and oxygen atoms in total. The summed E-state index contributed by atoms with van der Waals surface area (Å²) in [6, 6.07) is 9.49. The standard InChI is InChI=1S/C6H5B.Cs.H/c7-6-4-2-1-3-5-6;;/h1-5H;;. The topological polar surface area (TPSA) is 0 Å². The Morgan fingerprint density at radius 2 is 1.50 bits per heavy atom. The zero-order valence-electron chi connectivity index (χ0n) is 3.96. The van der Waals surface area contributed by atoms with Gasteiger partial charge in [-0.15, -0.1) is 0 Å². The normalized spacial score (nSPS) is 7.50. The molecule has 1 aromatic rings. The van der Waals surface area contributed by atoms with E-state index in [9.17, 15) is 0 Å². The average Bonchev–Trinajstić information content (AvgIpc) is 1.69. The molecule has 0 bridgehead atoms. The van der Waals surface area contributed by atoms with E-state index in [-0.39, 0.29) is 68.9 Å². The van der Waals surface area contributed by atoms with Crippen LogP contribution in [0.1, 0.15) is 0 Å². The summed E-state index contributed by atoms with van der Waals surface area (Å²) in [4.78, 5) is 0. The van der Waals surface area contributed by atoms with Crippen molar-refractivity contribution in [3.63, 3.8) is 0 Å². The van der Waals surface area contributed by atoms with Crippen molar-refractivity contribution in [3.8, 4) is 0 Å². The van der Waals surface area contributed by atoms with Gasteiger partial charge in [-0.05, 0) is 0 Å². The third-order valence-electron chi connectivity index (χ3n) is 0.800. The van der Waals surface area contributed by atoms with Crippen molar-refractivity contribution in [1.82, 2.24) is 0 Å². The van der Waals surface area contributed by atoms with Crippen LogP contribution in [0.4, 0.5) is 0 Å². The Morgan fingerprint density at radius 1 is 1.00 bits per heavy atom. The molecule has 8 heavy (non-hydrogen) atoms. The summed E-state index contributed by atoms with van der Waals surface area (Å²) in [7, 11) is 5.36. The Hall–Kier alpha value is 1.34. The fraction of sp³-hybridized carbons (Fsp3) is 0. The van der Waals surface area contributed by atoms with Gasteiger partial charge < -0.3 is 0 Å². The van der Waals surface area contributed by atoms with E-state index in [4.69, 9.17) is 7.85 Å². The van der Waals surface area contributed by atoms with Crippen molar-refractivity contribution in [3.05, 3.63) is 30.3 Å². The molecule has 34 valence electrons. The summed E-state index contributed by atoms with van der Waals surface area (Å²) in [5.41, 5.74) is 0.822. The molecule has 0 unspecified atom stereocenters. The van der Waals surface area contributed by atoms with E-state index in [1.807, 2.05) is 30.3 Å². The Labute approximate surface area is 110 Å². The van der Waals surface area contributed by atoms with Crippen LogP contribution in [0.5, 0.6) is 0 Å². The number of benzene rings is 1. The summed E-state index contributed by atoms with van der Waals surface area (Å²) in [6.45, 7) is 0. The van der Waals surface area contributed by atoms with Gasteiger partial charge in [0.2, 0.25) is 0 Å². The predicted octanol–water partition coefficient (Wildman–Crippen LogP) is -0.168. The zero-order chi connectivity index (χ0) is 5.11. The Morgan fingerprint density at radius 3 is 1.75 bits per heavy atom. The molecule has 1 rings (SSSR count). The van der Waals surface area contributed by atoms with Gasteiger partial charge in [0.05, 0.1) is 0 Å². The molecule has 0 N–H and O–H groups in total. The van der Waals surface area contributed by atoms with Gasteiger partial charge in [-0.1, -0.05) is 35.8 Å². The molecule has 0 aliphatic rings. The molecule has 2 radical (unpaired) electrons. The molecule has 0 aliphatic carbocycles. The predicted molar refractivity (Wildman–Crippen MR) is 39.0 cm³/mol. The first-order valence-electron chi connectivity index (χ1n) is 2.20. The number of rotatable bonds is 0. The van der Waals surface area contributed by atoms with Gasteiger partial charge in [0, 0.05) is 0 Å². The molecule has 0 fully saturated rings. The van der Waals surface area contributed by atoms with Crippen molar-refractivity contribution in [2.24, 2.45) is 0 Å². The van der Waals surface area contributed by atoms with Crippen molar-refractivity contribution >= 4 is 82.2 Å². The van der Waals surface area contributed by atoms with E-state index in [1.165, 1.54) is 0 Å². The molecule has 0 saturated carbocycles. The third kappa shape index (κ3) is 3.38. The summed E-state index contributed by atoms with van der Waals surface area (Å²) in [6.07, 6.45) is 0. The van der Waals surface area contributed by atoms with Gasteiger partial charge >= 0.3 is 68.9 Å². The molecular weight excluding hydrogens is 216 g/mol. The van der Waals surface area contributed by atoms with Gasteiger partial charge in [0.15, 0.2) is 0 Å². The molecule has 0 amide bonds. The van der Waals surface area contributed by atoms with Gasteiger partial charge in [-0.2, -0.15) is 0 Å². The quantitative estimate of drug-likeness (QED) is 0.534. The minimum atomic E-state index is 0. The van der Waals surface area contributed by atoms with Crippen LogP contribution >= 0.6 is 0 Å². The monoisotopic (exact) mass is 222 g/mol. The first-order chi connectivity index (χ1) is 3.39. The molecule has 0 saturated heterocycles. The second-order valence-corrected chi connectivity index (χ2v) is 1.41. The molecule has 0 heterocycles. The third-order valence-corrected chi connectivity index (χ3v) is 0.800. The van der Waals surface area contributed by atoms with E-state index >= 15 is 0 Å². The van der Waals surface area contributed by atoms with Crippen LogP contribution in [-0.4, -0.2) is 76.7 Å². The van der Waals surface area contributed by atoms with Crippen molar-refractivity contribution in [1.29, 1.82) is 0 Å². The van der Waals surface area contributed by atoms with Crippen LogP contribution in [0, 0.1) is 0 Å². The molecule has 0 aromatic heterocycles. The zero-order valence-corrected chi connectivity index (χ0v) is 3.96. The van der Waals surface area contributed by atoms with Crippen LogP contribution in [0.15, 0.2) is 30.3 Å². The number of hydrogen-bond acceptors (Lipinski definition) is 0. The molecule has 1 aromatic carbocycles. The number of hydrogen-bond donors (Lipinski definition) is 0. The fourth-order valence-corrected chi connectivity index (χ4v) is 0.453. The van der Waals surface area contributed by atoms with E-state index in [0.717, 1.165) is 5.46 Å². The molecular formula is C6H6BCs. The van der Waals surface area contributed by atoms with Crippen molar-refractivity contribution in [2.75, 3.05) is 0 Å². The maximum absolute atomic E-state index is 5.36. The first-order valence-corrected chi connectivity index (χ1v) is 2.20. The van der Waals surface area contributed by atoms with E-state index in [1.54, 1.807) is 0 Å². The first kappa shape index (κ1) is 9.34. The van der Waals surface area contributed by atoms with E-state index in [0.29, 0.717) is 0 Å². The van der Waals surface area contributed by atoms with Crippen LogP contribution in [0.25, 0.3) is 0 Å². The van der Waals surface area contributed by atoms with E-state index < -0.39 is 0 Å². The Kier molecular flexibility index (Phi) is 6.01. The Balaban J connectivity index is 0.000000490. The average molecular weight is 222 g/mol. The molecule has 2 heteroatoms. The molecule has 0 atom stereocenters. The van der Waals surface area contributed by atoms with Crippen molar-refractivity contribution < 1.29 is 0 Å². The second kappa shape index (κ2) is 5.15. The van der Waals surface area contributed by atoms with Crippen LogP contribution in [-0.2, 0) is 0 Å². The van der Waals surface area contributed by atoms with Gasteiger partial charge in [0.1, 0.15) is 7.85 Å². The molecule has 0 spiro atoms. The van der Waals surface area contributed by atoms with Gasteiger partial charge in [0.25, 0.3) is 0 Å². The Bertz CT molecular complexity index is 138. The van der Waals surface area contributed by atoms with E-state index in [2.05, 4.69) is 0 Å².